The second-order valence-electron chi connectivity index (χ2n) is 6.37. The molecule has 2 unspecified atom stereocenters. The fraction of sp³-hybridized carbons (Fsp3) is 0.810. The van der Waals surface area contributed by atoms with E-state index in [1.165, 1.54) is 77.0 Å². The summed E-state index contributed by atoms with van der Waals surface area (Å²) in [5.41, 5.74) is 0. The summed E-state index contributed by atoms with van der Waals surface area (Å²) in [5.74, 6) is 7.14. The summed E-state index contributed by atoms with van der Waals surface area (Å²) in [7, 11) is 0. The van der Waals surface area contributed by atoms with Crippen molar-refractivity contribution in [2.75, 3.05) is 0 Å². The summed E-state index contributed by atoms with van der Waals surface area (Å²) in [5, 5.41) is 0. The zero-order valence-corrected chi connectivity index (χ0v) is 14.5. The first-order valence-corrected chi connectivity index (χ1v) is 9.18. The molecule has 0 heteroatoms. The highest BCUT2D eigenvalue weighted by Crippen LogP contribution is 2.23. The zero-order valence-electron chi connectivity index (χ0n) is 14.5. The standard InChI is InChI=1S/C21H36/c1-5-9-11-12-14-17-21(8-4)19-15-18-20(7-3)16-13-10-6-2/h1,3,20-21H,6,8-19H2,2,4H3. The third kappa shape index (κ3) is 12.6. The van der Waals surface area contributed by atoms with Gasteiger partial charge in [-0.1, -0.05) is 71.6 Å². The minimum Gasteiger partial charge on any atom is -0.120 e. The Morgan fingerprint density at radius 1 is 0.762 bits per heavy atom. The van der Waals surface area contributed by atoms with Gasteiger partial charge in [-0.15, -0.1) is 24.7 Å². The summed E-state index contributed by atoms with van der Waals surface area (Å²) < 4.78 is 0. The van der Waals surface area contributed by atoms with Crippen LogP contribution >= 0.6 is 0 Å². The van der Waals surface area contributed by atoms with Gasteiger partial charge in [-0.3, -0.25) is 0 Å². The minimum atomic E-state index is 0.518. The molecule has 120 valence electrons. The Morgan fingerprint density at radius 2 is 1.43 bits per heavy atom. The summed E-state index contributed by atoms with van der Waals surface area (Å²) in [6.45, 7) is 4.58. The molecule has 0 radical (unpaired) electrons. The van der Waals surface area contributed by atoms with Crippen LogP contribution in [0.5, 0.6) is 0 Å². The molecular formula is C21H36. The fourth-order valence-electron chi connectivity index (χ4n) is 2.99. The highest BCUT2D eigenvalue weighted by molar-refractivity contribution is 4.92. The third-order valence-corrected chi connectivity index (χ3v) is 4.57. The molecule has 0 nitrogen and oxygen atoms in total. The average Bonchev–Trinajstić information content (AvgIpc) is 2.51. The smallest absolute Gasteiger partial charge is 0.0200 e. The van der Waals surface area contributed by atoms with Gasteiger partial charge in [0, 0.05) is 12.3 Å². The lowest BCUT2D eigenvalue weighted by molar-refractivity contribution is 0.382. The molecule has 0 heterocycles. The fourth-order valence-corrected chi connectivity index (χ4v) is 2.99. The molecule has 0 aliphatic rings. The Hall–Kier alpha value is -0.880. The Kier molecular flexibility index (Phi) is 14.9. The van der Waals surface area contributed by atoms with Gasteiger partial charge in [0.05, 0.1) is 0 Å². The van der Waals surface area contributed by atoms with E-state index >= 15 is 0 Å². The van der Waals surface area contributed by atoms with E-state index in [4.69, 9.17) is 12.8 Å². The molecule has 0 aromatic carbocycles. The Balaban J connectivity index is 3.69. The van der Waals surface area contributed by atoms with E-state index < -0.39 is 0 Å². The first-order chi connectivity index (χ1) is 10.3. The van der Waals surface area contributed by atoms with Gasteiger partial charge in [0.1, 0.15) is 0 Å². The molecule has 0 aromatic heterocycles. The van der Waals surface area contributed by atoms with Gasteiger partial charge in [0.15, 0.2) is 0 Å². The van der Waals surface area contributed by atoms with Crippen molar-refractivity contribution in [2.45, 2.75) is 97.3 Å². The third-order valence-electron chi connectivity index (χ3n) is 4.57. The van der Waals surface area contributed by atoms with Crippen molar-refractivity contribution in [2.24, 2.45) is 11.8 Å². The van der Waals surface area contributed by atoms with Gasteiger partial charge in [-0.25, -0.2) is 0 Å². The summed E-state index contributed by atoms with van der Waals surface area (Å²) in [6, 6.07) is 0. The highest BCUT2D eigenvalue weighted by atomic mass is 14.1. The van der Waals surface area contributed by atoms with E-state index in [0.717, 1.165) is 12.3 Å². The van der Waals surface area contributed by atoms with Crippen LogP contribution in [0.2, 0.25) is 0 Å². The molecule has 2 atom stereocenters. The van der Waals surface area contributed by atoms with Crippen LogP contribution in [0.25, 0.3) is 0 Å². The molecule has 0 saturated carbocycles. The van der Waals surface area contributed by atoms with Crippen molar-refractivity contribution in [1.29, 1.82) is 0 Å². The lowest BCUT2D eigenvalue weighted by Crippen LogP contribution is -2.02. The first-order valence-electron chi connectivity index (χ1n) is 9.18. The molecule has 0 bridgehead atoms. The van der Waals surface area contributed by atoms with Crippen LogP contribution in [0.4, 0.5) is 0 Å². The van der Waals surface area contributed by atoms with Crippen LogP contribution in [-0.2, 0) is 0 Å². The predicted molar refractivity (Wildman–Crippen MR) is 96.0 cm³/mol. The van der Waals surface area contributed by atoms with Gasteiger partial charge >= 0.3 is 0 Å². The van der Waals surface area contributed by atoms with Crippen molar-refractivity contribution in [1.82, 2.24) is 0 Å². The minimum absolute atomic E-state index is 0.518. The van der Waals surface area contributed by atoms with Crippen LogP contribution in [0.3, 0.4) is 0 Å². The maximum Gasteiger partial charge on any atom is 0.0200 e. The quantitative estimate of drug-likeness (QED) is 0.249. The van der Waals surface area contributed by atoms with Gasteiger partial charge in [0.2, 0.25) is 0 Å². The van der Waals surface area contributed by atoms with Crippen molar-refractivity contribution in [3.8, 4) is 24.7 Å². The Labute approximate surface area is 134 Å². The van der Waals surface area contributed by atoms with Gasteiger partial charge in [-0.2, -0.15) is 0 Å². The van der Waals surface area contributed by atoms with E-state index in [1.54, 1.807) is 0 Å². The lowest BCUT2D eigenvalue weighted by Gasteiger charge is -2.16. The maximum atomic E-state index is 5.66. The number of terminal acetylenes is 2. The zero-order chi connectivity index (χ0) is 15.8. The van der Waals surface area contributed by atoms with Gasteiger partial charge < -0.3 is 0 Å². The van der Waals surface area contributed by atoms with Crippen molar-refractivity contribution >= 4 is 0 Å². The monoisotopic (exact) mass is 288 g/mol. The van der Waals surface area contributed by atoms with Crippen LogP contribution in [0.15, 0.2) is 0 Å². The maximum absolute atomic E-state index is 5.66. The van der Waals surface area contributed by atoms with Crippen LogP contribution in [-0.4, -0.2) is 0 Å². The lowest BCUT2D eigenvalue weighted by atomic mass is 9.89. The van der Waals surface area contributed by atoms with E-state index in [2.05, 4.69) is 25.7 Å². The molecule has 0 rings (SSSR count). The molecule has 0 spiro atoms. The molecule has 21 heavy (non-hydrogen) atoms. The molecule has 0 aliphatic heterocycles. The highest BCUT2D eigenvalue weighted by Gasteiger charge is 2.09. The predicted octanol–water partition coefficient (Wildman–Crippen LogP) is 6.60. The number of hydrogen-bond acceptors (Lipinski definition) is 0. The van der Waals surface area contributed by atoms with Crippen LogP contribution in [0.1, 0.15) is 97.3 Å². The molecule has 0 amide bonds. The van der Waals surface area contributed by atoms with E-state index in [9.17, 15) is 0 Å². The largest absolute Gasteiger partial charge is 0.120 e. The molecule has 0 fully saturated rings. The van der Waals surface area contributed by atoms with Gasteiger partial charge in [0.25, 0.3) is 0 Å². The Morgan fingerprint density at radius 3 is 2.05 bits per heavy atom. The first kappa shape index (κ1) is 20.1. The summed E-state index contributed by atoms with van der Waals surface area (Å²) in [6.07, 6.45) is 27.5. The number of rotatable bonds is 14. The van der Waals surface area contributed by atoms with Crippen LogP contribution in [0, 0.1) is 36.5 Å². The van der Waals surface area contributed by atoms with Crippen molar-refractivity contribution in [3.63, 3.8) is 0 Å². The second-order valence-corrected chi connectivity index (χ2v) is 6.37. The Bertz CT molecular complexity index is 288. The topological polar surface area (TPSA) is 0 Å². The number of hydrogen-bond donors (Lipinski definition) is 0. The summed E-state index contributed by atoms with van der Waals surface area (Å²) in [4.78, 5) is 0. The molecule has 0 aromatic rings. The molecule has 0 aliphatic carbocycles. The SMILES string of the molecule is C#CCCCCCC(CC)CCCC(C#C)CCCCC. The average molecular weight is 289 g/mol. The van der Waals surface area contributed by atoms with Gasteiger partial charge in [-0.05, 0) is 25.2 Å². The van der Waals surface area contributed by atoms with E-state index in [-0.39, 0.29) is 0 Å². The van der Waals surface area contributed by atoms with Crippen LogP contribution < -0.4 is 0 Å². The summed E-state index contributed by atoms with van der Waals surface area (Å²) >= 11 is 0. The molecular weight excluding hydrogens is 252 g/mol. The second kappa shape index (κ2) is 15.5. The van der Waals surface area contributed by atoms with E-state index in [0.29, 0.717) is 5.92 Å². The van der Waals surface area contributed by atoms with Crippen molar-refractivity contribution in [3.05, 3.63) is 0 Å². The van der Waals surface area contributed by atoms with Crippen molar-refractivity contribution < 1.29 is 0 Å². The molecule has 0 saturated heterocycles. The van der Waals surface area contributed by atoms with E-state index in [1.807, 2.05) is 0 Å². The number of unbranched alkanes of at least 4 members (excludes halogenated alkanes) is 5. The molecule has 0 N–H and O–H groups in total. The normalized spacial score (nSPS) is 13.3.